The second kappa shape index (κ2) is 6.78. The van der Waals surface area contributed by atoms with Crippen LogP contribution in [-0.4, -0.2) is 23.6 Å². The van der Waals surface area contributed by atoms with E-state index in [4.69, 9.17) is 0 Å². The van der Waals surface area contributed by atoms with Crippen LogP contribution in [0.25, 0.3) is 0 Å². The minimum absolute atomic E-state index is 0.140. The summed E-state index contributed by atoms with van der Waals surface area (Å²) in [5.74, 6) is -0.201. The molecule has 7 heteroatoms. The van der Waals surface area contributed by atoms with Gasteiger partial charge in [0.15, 0.2) is 0 Å². The maximum atomic E-state index is 12.7. The molecule has 3 heterocycles. The monoisotopic (exact) mass is 346 g/mol. The second-order valence-corrected chi connectivity index (χ2v) is 6.06. The molecular formula is C19H18N6O. The topological polar surface area (TPSA) is 92.2 Å². The van der Waals surface area contributed by atoms with E-state index in [9.17, 15) is 10.1 Å². The van der Waals surface area contributed by atoms with E-state index < -0.39 is 0 Å². The van der Waals surface area contributed by atoms with Crippen molar-refractivity contribution in [2.24, 2.45) is 0 Å². The minimum atomic E-state index is -0.201. The molecule has 0 aliphatic carbocycles. The molecule has 7 nitrogen and oxygen atoms in total. The summed E-state index contributed by atoms with van der Waals surface area (Å²) in [4.78, 5) is 12.7. The summed E-state index contributed by atoms with van der Waals surface area (Å²) in [6.07, 6.45) is 11.1. The van der Waals surface area contributed by atoms with Crippen molar-refractivity contribution in [1.29, 1.82) is 5.26 Å². The van der Waals surface area contributed by atoms with E-state index in [1.165, 1.54) is 0 Å². The summed E-state index contributed by atoms with van der Waals surface area (Å²) in [6, 6.07) is 9.48. The van der Waals surface area contributed by atoms with Gasteiger partial charge in [-0.3, -0.25) is 9.80 Å². The van der Waals surface area contributed by atoms with Crippen LogP contribution < -0.4 is 21.4 Å². The van der Waals surface area contributed by atoms with Crippen molar-refractivity contribution in [3.63, 3.8) is 0 Å². The lowest BCUT2D eigenvalue weighted by atomic mass is 10.00. The predicted octanol–water partition coefficient (Wildman–Crippen LogP) is 0.863. The quantitative estimate of drug-likeness (QED) is 0.607. The van der Waals surface area contributed by atoms with Crippen molar-refractivity contribution in [3.05, 3.63) is 83.5 Å². The standard InChI is InChI=1S/C19H18N6O/c20-11-13-3-1-2-4-15(13)16-5-6-18-22-12-17(25(18)24-16)19(26)23-14-7-9-21-10-8-14/h1-9,12,16,18,21-22,24H,10H2,(H,23,26). The van der Waals surface area contributed by atoms with Crippen LogP contribution in [-0.2, 0) is 4.79 Å². The van der Waals surface area contributed by atoms with Gasteiger partial charge < -0.3 is 16.0 Å². The number of hydrazine groups is 1. The van der Waals surface area contributed by atoms with Gasteiger partial charge in [0.1, 0.15) is 11.9 Å². The summed E-state index contributed by atoms with van der Waals surface area (Å²) < 4.78 is 0. The van der Waals surface area contributed by atoms with E-state index in [1.54, 1.807) is 23.5 Å². The first-order chi connectivity index (χ1) is 12.8. The number of nitrogens with zero attached hydrogens (tertiary/aromatic N) is 2. The Hall–Kier alpha value is -3.50. The number of nitrogens with one attached hydrogen (secondary N) is 4. The third kappa shape index (κ3) is 2.94. The molecule has 0 spiro atoms. The van der Waals surface area contributed by atoms with Crippen LogP contribution in [0.15, 0.2) is 72.4 Å². The summed E-state index contributed by atoms with van der Waals surface area (Å²) in [7, 11) is 0. The van der Waals surface area contributed by atoms with E-state index >= 15 is 0 Å². The Morgan fingerprint density at radius 1 is 1.31 bits per heavy atom. The molecule has 0 saturated carbocycles. The van der Waals surface area contributed by atoms with Gasteiger partial charge in [-0.25, -0.2) is 5.43 Å². The normalized spacial score (nSPS) is 23.1. The molecule has 0 fully saturated rings. The first-order valence-electron chi connectivity index (χ1n) is 8.37. The van der Waals surface area contributed by atoms with Gasteiger partial charge in [-0.2, -0.15) is 5.26 Å². The molecule has 0 bridgehead atoms. The van der Waals surface area contributed by atoms with Gasteiger partial charge >= 0.3 is 0 Å². The number of carbonyl (C=O) groups excluding carboxylic acids is 1. The van der Waals surface area contributed by atoms with Crippen LogP contribution in [0.1, 0.15) is 17.2 Å². The Kier molecular flexibility index (Phi) is 4.17. The number of nitriles is 1. The molecule has 1 amide bonds. The maximum absolute atomic E-state index is 12.7. The summed E-state index contributed by atoms with van der Waals surface area (Å²) >= 11 is 0. The molecule has 130 valence electrons. The predicted molar refractivity (Wildman–Crippen MR) is 96.4 cm³/mol. The van der Waals surface area contributed by atoms with Crippen molar-refractivity contribution >= 4 is 5.91 Å². The van der Waals surface area contributed by atoms with Gasteiger partial charge in [-0.05, 0) is 36.1 Å². The second-order valence-electron chi connectivity index (χ2n) is 6.06. The Morgan fingerprint density at radius 3 is 3.00 bits per heavy atom. The Morgan fingerprint density at radius 2 is 2.19 bits per heavy atom. The fourth-order valence-electron chi connectivity index (χ4n) is 3.12. The van der Waals surface area contributed by atoms with Crippen LogP contribution in [0.5, 0.6) is 0 Å². The van der Waals surface area contributed by atoms with Gasteiger partial charge in [0.25, 0.3) is 5.91 Å². The number of benzene rings is 1. The zero-order valence-electron chi connectivity index (χ0n) is 13.9. The summed E-state index contributed by atoms with van der Waals surface area (Å²) in [5, 5.41) is 20.2. The van der Waals surface area contributed by atoms with E-state index in [-0.39, 0.29) is 18.1 Å². The number of rotatable bonds is 3. The van der Waals surface area contributed by atoms with Gasteiger partial charge in [0.05, 0.1) is 17.7 Å². The number of hydrogen-bond acceptors (Lipinski definition) is 6. The Bertz CT molecular complexity index is 892. The first-order valence-corrected chi connectivity index (χ1v) is 8.37. The third-order valence-electron chi connectivity index (χ3n) is 4.42. The average molecular weight is 346 g/mol. The highest BCUT2D eigenvalue weighted by Gasteiger charge is 2.33. The SMILES string of the molecule is N#Cc1ccccc1C1C=CC2NC=C(C(=O)NC3=CCNC=C3)N2N1. The summed E-state index contributed by atoms with van der Waals surface area (Å²) in [6.45, 7) is 0.684. The molecule has 4 N–H and O–H groups in total. The van der Waals surface area contributed by atoms with E-state index in [2.05, 4.69) is 27.4 Å². The van der Waals surface area contributed by atoms with Gasteiger partial charge in [0, 0.05) is 18.4 Å². The van der Waals surface area contributed by atoms with Crippen LogP contribution in [0, 0.1) is 11.3 Å². The molecule has 0 saturated heterocycles. The van der Waals surface area contributed by atoms with Crippen LogP contribution >= 0.6 is 0 Å². The molecule has 1 aromatic carbocycles. The van der Waals surface area contributed by atoms with Crippen molar-refractivity contribution < 1.29 is 4.79 Å². The fraction of sp³-hybridized carbons (Fsp3) is 0.158. The number of allylic oxidation sites excluding steroid dienone is 1. The van der Waals surface area contributed by atoms with Crippen molar-refractivity contribution in [3.8, 4) is 6.07 Å². The third-order valence-corrected chi connectivity index (χ3v) is 4.42. The molecule has 4 rings (SSSR count). The lowest BCUT2D eigenvalue weighted by Gasteiger charge is -2.35. The van der Waals surface area contributed by atoms with Crippen molar-refractivity contribution in [2.45, 2.75) is 12.2 Å². The zero-order chi connectivity index (χ0) is 17.9. The lowest BCUT2D eigenvalue weighted by Crippen LogP contribution is -2.51. The molecule has 0 aromatic heterocycles. The lowest BCUT2D eigenvalue weighted by molar-refractivity contribution is -0.118. The van der Waals surface area contributed by atoms with Crippen molar-refractivity contribution in [2.75, 3.05) is 6.54 Å². The smallest absolute Gasteiger partial charge is 0.274 e. The Labute approximate surface area is 151 Å². The number of amides is 1. The number of fused-ring (bicyclic) bond motifs is 1. The molecule has 0 radical (unpaired) electrons. The molecule has 26 heavy (non-hydrogen) atoms. The molecule has 2 unspecified atom stereocenters. The average Bonchev–Trinajstić information content (AvgIpc) is 3.12. The number of hydrogen-bond donors (Lipinski definition) is 4. The number of carbonyl (C=O) groups is 1. The van der Waals surface area contributed by atoms with Crippen LogP contribution in [0.4, 0.5) is 0 Å². The largest absolute Gasteiger partial charge is 0.387 e. The first kappa shape index (κ1) is 16.0. The molecule has 3 aliphatic heterocycles. The minimum Gasteiger partial charge on any atom is -0.387 e. The zero-order valence-corrected chi connectivity index (χ0v) is 13.9. The van der Waals surface area contributed by atoms with Crippen LogP contribution in [0.3, 0.4) is 0 Å². The summed E-state index contributed by atoms with van der Waals surface area (Å²) in [5.41, 5.74) is 6.07. The highest BCUT2D eigenvalue weighted by Crippen LogP contribution is 2.26. The van der Waals surface area contributed by atoms with E-state index in [0.717, 1.165) is 11.3 Å². The molecule has 2 atom stereocenters. The van der Waals surface area contributed by atoms with E-state index in [0.29, 0.717) is 17.8 Å². The molecule has 1 aromatic rings. The van der Waals surface area contributed by atoms with Crippen LogP contribution in [0.2, 0.25) is 0 Å². The van der Waals surface area contributed by atoms with Gasteiger partial charge in [-0.15, -0.1) is 0 Å². The van der Waals surface area contributed by atoms with Crippen molar-refractivity contribution in [1.82, 2.24) is 26.4 Å². The highest BCUT2D eigenvalue weighted by atomic mass is 16.2. The molecule has 3 aliphatic rings. The van der Waals surface area contributed by atoms with Gasteiger partial charge in [0.2, 0.25) is 0 Å². The maximum Gasteiger partial charge on any atom is 0.274 e. The van der Waals surface area contributed by atoms with Gasteiger partial charge in [-0.1, -0.05) is 24.3 Å². The Balaban J connectivity index is 1.52. The highest BCUT2D eigenvalue weighted by molar-refractivity contribution is 5.94. The molecular weight excluding hydrogens is 328 g/mol. The number of dihydropyridines is 1. The van der Waals surface area contributed by atoms with E-state index in [1.807, 2.05) is 42.5 Å². The fourth-order valence-corrected chi connectivity index (χ4v) is 3.12.